The summed E-state index contributed by atoms with van der Waals surface area (Å²) in [5.41, 5.74) is 2.41. The quantitative estimate of drug-likeness (QED) is 0.707. The summed E-state index contributed by atoms with van der Waals surface area (Å²) in [6.07, 6.45) is 0.466. The third kappa shape index (κ3) is 5.13. The largest absolute Gasteiger partial charge is 0.489 e. The summed E-state index contributed by atoms with van der Waals surface area (Å²) in [6.45, 7) is 6.92. The van der Waals surface area contributed by atoms with Gasteiger partial charge in [-0.25, -0.2) is 9.18 Å². The molecule has 0 atom stereocenters. The number of carbonyl (C=O) groups excluding carboxylic acids is 1. The lowest BCUT2D eigenvalue weighted by atomic mass is 10.00. The molecule has 0 saturated heterocycles. The molecule has 0 radical (unpaired) electrons. The summed E-state index contributed by atoms with van der Waals surface area (Å²) < 4.78 is 24.8. The molecule has 0 N–H and O–H groups in total. The van der Waals surface area contributed by atoms with Gasteiger partial charge in [0.2, 0.25) is 0 Å². The van der Waals surface area contributed by atoms with Gasteiger partial charge in [0.15, 0.2) is 0 Å². The number of carbonyl (C=O) groups is 1. The van der Waals surface area contributed by atoms with Crippen molar-refractivity contribution in [2.24, 2.45) is 0 Å². The molecule has 2 aromatic rings. The number of amides is 1. The van der Waals surface area contributed by atoms with Gasteiger partial charge in [0.05, 0.1) is 5.02 Å². The van der Waals surface area contributed by atoms with Crippen LogP contribution in [-0.4, -0.2) is 23.1 Å². The van der Waals surface area contributed by atoms with E-state index in [1.165, 1.54) is 17.7 Å². The number of benzene rings is 2. The van der Waals surface area contributed by atoms with Crippen molar-refractivity contribution < 1.29 is 18.7 Å². The first kappa shape index (κ1) is 19.5. The number of rotatable bonds is 3. The molecule has 1 aliphatic rings. The van der Waals surface area contributed by atoms with Crippen molar-refractivity contribution in [3.05, 3.63) is 63.9 Å². The van der Waals surface area contributed by atoms with Crippen molar-refractivity contribution in [3.63, 3.8) is 0 Å². The van der Waals surface area contributed by atoms with Crippen LogP contribution in [0.3, 0.4) is 0 Å². The minimum atomic E-state index is -0.518. The smallest absolute Gasteiger partial charge is 0.410 e. The normalized spacial score (nSPS) is 13.9. The number of ether oxygens (including phenoxy) is 2. The molecule has 0 spiro atoms. The zero-order chi connectivity index (χ0) is 19.6. The molecule has 1 heterocycles. The van der Waals surface area contributed by atoms with Gasteiger partial charge in [-0.3, -0.25) is 0 Å². The number of nitrogens with zero attached hydrogens (tertiary/aromatic N) is 1. The maximum Gasteiger partial charge on any atom is 0.410 e. The van der Waals surface area contributed by atoms with E-state index in [1.807, 2.05) is 39.0 Å². The second-order valence-electron chi connectivity index (χ2n) is 7.62. The van der Waals surface area contributed by atoms with Crippen molar-refractivity contribution >= 4 is 17.7 Å². The zero-order valence-electron chi connectivity index (χ0n) is 15.7. The van der Waals surface area contributed by atoms with Crippen molar-refractivity contribution in [1.82, 2.24) is 4.90 Å². The average molecular weight is 392 g/mol. The van der Waals surface area contributed by atoms with E-state index in [-0.39, 0.29) is 17.7 Å². The standard InChI is InChI=1S/C21H23ClFNO3/c1-21(2,3)27-20(25)24-9-8-15-5-6-17(11-16(15)12-24)26-13-14-4-7-18(22)19(23)10-14/h4-7,10-11H,8-9,12-13H2,1-3H3. The minimum Gasteiger partial charge on any atom is -0.489 e. The molecule has 1 aliphatic heterocycles. The molecule has 0 aliphatic carbocycles. The van der Waals surface area contributed by atoms with E-state index >= 15 is 0 Å². The fourth-order valence-corrected chi connectivity index (χ4v) is 3.02. The van der Waals surface area contributed by atoms with E-state index < -0.39 is 11.4 Å². The lowest BCUT2D eigenvalue weighted by Gasteiger charge is -2.31. The van der Waals surface area contributed by atoms with Crippen LogP contribution < -0.4 is 4.74 Å². The molecule has 0 unspecified atom stereocenters. The van der Waals surface area contributed by atoms with Gasteiger partial charge >= 0.3 is 6.09 Å². The maximum atomic E-state index is 13.5. The highest BCUT2D eigenvalue weighted by molar-refractivity contribution is 6.30. The monoisotopic (exact) mass is 391 g/mol. The lowest BCUT2D eigenvalue weighted by Crippen LogP contribution is -2.39. The highest BCUT2D eigenvalue weighted by Gasteiger charge is 2.25. The van der Waals surface area contributed by atoms with E-state index in [4.69, 9.17) is 21.1 Å². The van der Waals surface area contributed by atoms with Crippen molar-refractivity contribution in [2.45, 2.75) is 45.9 Å². The van der Waals surface area contributed by atoms with E-state index in [9.17, 15) is 9.18 Å². The first-order valence-corrected chi connectivity index (χ1v) is 9.25. The molecule has 27 heavy (non-hydrogen) atoms. The molecule has 144 valence electrons. The van der Waals surface area contributed by atoms with E-state index in [0.717, 1.165) is 12.0 Å². The Morgan fingerprint density at radius 2 is 1.96 bits per heavy atom. The fraction of sp³-hybridized carbons (Fsp3) is 0.381. The Hall–Kier alpha value is -2.27. The Bertz CT molecular complexity index is 848. The first-order chi connectivity index (χ1) is 12.7. The number of hydrogen-bond acceptors (Lipinski definition) is 3. The summed E-state index contributed by atoms with van der Waals surface area (Å²) in [6, 6.07) is 10.5. The molecule has 0 bridgehead atoms. The second-order valence-corrected chi connectivity index (χ2v) is 8.03. The van der Waals surface area contributed by atoms with Crippen LogP contribution in [-0.2, 0) is 24.3 Å². The Balaban J connectivity index is 1.66. The SMILES string of the molecule is CC(C)(C)OC(=O)N1CCc2ccc(OCc3ccc(Cl)c(F)c3)cc2C1. The molecule has 6 heteroatoms. The van der Waals surface area contributed by atoms with Crippen LogP contribution in [0, 0.1) is 5.82 Å². The van der Waals surface area contributed by atoms with Crippen molar-refractivity contribution in [1.29, 1.82) is 0 Å². The first-order valence-electron chi connectivity index (χ1n) is 8.88. The highest BCUT2D eigenvalue weighted by Crippen LogP contribution is 2.26. The van der Waals surface area contributed by atoms with Gasteiger partial charge in [0.1, 0.15) is 23.8 Å². The van der Waals surface area contributed by atoms with Gasteiger partial charge < -0.3 is 14.4 Å². The molecular weight excluding hydrogens is 369 g/mol. The van der Waals surface area contributed by atoms with Crippen LogP contribution in [0.5, 0.6) is 5.75 Å². The Morgan fingerprint density at radius 1 is 1.19 bits per heavy atom. The van der Waals surface area contributed by atoms with Crippen LogP contribution in [0.1, 0.15) is 37.5 Å². The van der Waals surface area contributed by atoms with E-state index in [1.54, 1.807) is 11.0 Å². The molecule has 3 rings (SSSR count). The second kappa shape index (κ2) is 7.77. The van der Waals surface area contributed by atoms with Crippen LogP contribution in [0.25, 0.3) is 0 Å². The van der Waals surface area contributed by atoms with Crippen molar-refractivity contribution in [3.8, 4) is 5.75 Å². The van der Waals surface area contributed by atoms with Crippen LogP contribution in [0.15, 0.2) is 36.4 Å². The zero-order valence-corrected chi connectivity index (χ0v) is 16.5. The fourth-order valence-electron chi connectivity index (χ4n) is 2.90. The third-order valence-electron chi connectivity index (χ3n) is 4.23. The molecule has 0 fully saturated rings. The van der Waals surface area contributed by atoms with Crippen LogP contribution >= 0.6 is 11.6 Å². The Labute approximate surface area is 163 Å². The van der Waals surface area contributed by atoms with Gasteiger partial charge in [0, 0.05) is 13.1 Å². The topological polar surface area (TPSA) is 38.8 Å². The third-order valence-corrected chi connectivity index (χ3v) is 4.54. The summed E-state index contributed by atoms with van der Waals surface area (Å²) in [5.74, 6) is 0.214. The predicted octanol–water partition coefficient (Wildman–Crippen LogP) is 5.35. The van der Waals surface area contributed by atoms with Gasteiger partial charge in [0.25, 0.3) is 0 Å². The lowest BCUT2D eigenvalue weighted by molar-refractivity contribution is 0.0223. The molecule has 4 nitrogen and oxygen atoms in total. The summed E-state index contributed by atoms with van der Waals surface area (Å²) in [4.78, 5) is 14.0. The van der Waals surface area contributed by atoms with Gasteiger partial charge in [-0.05, 0) is 68.1 Å². The Morgan fingerprint density at radius 3 is 2.67 bits per heavy atom. The van der Waals surface area contributed by atoms with E-state index in [0.29, 0.717) is 24.4 Å². The molecular formula is C21H23ClFNO3. The van der Waals surface area contributed by atoms with Gasteiger partial charge in [-0.2, -0.15) is 0 Å². The average Bonchev–Trinajstić information content (AvgIpc) is 2.60. The van der Waals surface area contributed by atoms with Crippen LogP contribution in [0.4, 0.5) is 9.18 Å². The summed E-state index contributed by atoms with van der Waals surface area (Å²) >= 11 is 5.70. The molecule has 0 aromatic heterocycles. The maximum absolute atomic E-state index is 13.5. The number of fused-ring (bicyclic) bond motifs is 1. The Kier molecular flexibility index (Phi) is 5.61. The summed E-state index contributed by atoms with van der Waals surface area (Å²) in [7, 11) is 0. The van der Waals surface area contributed by atoms with Gasteiger partial charge in [-0.1, -0.05) is 23.7 Å². The van der Waals surface area contributed by atoms with Crippen molar-refractivity contribution in [2.75, 3.05) is 6.54 Å². The summed E-state index contributed by atoms with van der Waals surface area (Å²) in [5, 5.41) is 0.0924. The van der Waals surface area contributed by atoms with E-state index in [2.05, 4.69) is 0 Å². The minimum absolute atomic E-state index is 0.0924. The molecule has 2 aromatic carbocycles. The van der Waals surface area contributed by atoms with Crippen LogP contribution in [0.2, 0.25) is 5.02 Å². The highest BCUT2D eigenvalue weighted by atomic mass is 35.5. The number of hydrogen-bond donors (Lipinski definition) is 0. The molecule has 0 saturated carbocycles. The number of halogens is 2. The molecule has 1 amide bonds. The van der Waals surface area contributed by atoms with Gasteiger partial charge in [-0.15, -0.1) is 0 Å². The predicted molar refractivity (Wildman–Crippen MR) is 103 cm³/mol.